The SMILES string of the molecule is COC(=O)c1ccc(C2(NC(=O)Cc3ccccc3NCc3ccc(F)cc3)CC2)cc1. The largest absolute Gasteiger partial charge is 0.465 e. The van der Waals surface area contributed by atoms with Crippen molar-refractivity contribution in [3.05, 3.63) is 101 Å². The highest BCUT2D eigenvalue weighted by molar-refractivity contribution is 5.89. The number of amides is 1. The van der Waals surface area contributed by atoms with Gasteiger partial charge in [0.1, 0.15) is 5.82 Å². The van der Waals surface area contributed by atoms with E-state index in [1.54, 1.807) is 24.3 Å². The van der Waals surface area contributed by atoms with Crippen molar-refractivity contribution in [2.45, 2.75) is 31.3 Å². The van der Waals surface area contributed by atoms with Crippen molar-refractivity contribution < 1.29 is 18.7 Å². The number of methoxy groups -OCH3 is 1. The van der Waals surface area contributed by atoms with E-state index in [9.17, 15) is 14.0 Å². The number of anilines is 1. The lowest BCUT2D eigenvalue weighted by atomic mass is 10.0. The molecule has 1 aliphatic rings. The topological polar surface area (TPSA) is 67.4 Å². The maximum absolute atomic E-state index is 13.1. The van der Waals surface area contributed by atoms with E-state index in [0.717, 1.165) is 35.2 Å². The maximum atomic E-state index is 13.1. The number of esters is 1. The van der Waals surface area contributed by atoms with E-state index in [1.165, 1.54) is 19.2 Å². The van der Waals surface area contributed by atoms with Gasteiger partial charge in [-0.1, -0.05) is 42.5 Å². The van der Waals surface area contributed by atoms with Crippen molar-refractivity contribution >= 4 is 17.6 Å². The summed E-state index contributed by atoms with van der Waals surface area (Å²) in [6.45, 7) is 0.537. The lowest BCUT2D eigenvalue weighted by Gasteiger charge is -2.19. The normalized spacial score (nSPS) is 13.8. The van der Waals surface area contributed by atoms with Gasteiger partial charge in [0.05, 0.1) is 24.6 Å². The Morgan fingerprint density at radius 3 is 2.31 bits per heavy atom. The summed E-state index contributed by atoms with van der Waals surface area (Å²) in [6.07, 6.45) is 1.97. The third-order valence-corrected chi connectivity index (χ3v) is 5.75. The van der Waals surface area contributed by atoms with Gasteiger partial charge in [0.2, 0.25) is 5.91 Å². The number of hydrogen-bond donors (Lipinski definition) is 2. The molecular weight excluding hydrogens is 407 g/mol. The van der Waals surface area contributed by atoms with Crippen LogP contribution in [-0.4, -0.2) is 19.0 Å². The second-order valence-electron chi connectivity index (χ2n) is 8.01. The number of nitrogens with one attached hydrogen (secondary N) is 2. The number of hydrogen-bond acceptors (Lipinski definition) is 4. The summed E-state index contributed by atoms with van der Waals surface area (Å²) in [5, 5.41) is 6.52. The highest BCUT2D eigenvalue weighted by Crippen LogP contribution is 2.45. The van der Waals surface area contributed by atoms with Gasteiger partial charge in [-0.15, -0.1) is 0 Å². The van der Waals surface area contributed by atoms with Crippen LogP contribution in [0.15, 0.2) is 72.8 Å². The quantitative estimate of drug-likeness (QED) is 0.512. The van der Waals surface area contributed by atoms with Crippen molar-refractivity contribution in [2.75, 3.05) is 12.4 Å². The lowest BCUT2D eigenvalue weighted by molar-refractivity contribution is -0.121. The molecule has 0 spiro atoms. The minimum atomic E-state index is -0.379. The average Bonchev–Trinajstić information content (AvgIpc) is 3.59. The number of carbonyl (C=O) groups excluding carboxylic acids is 2. The van der Waals surface area contributed by atoms with Crippen molar-refractivity contribution in [2.24, 2.45) is 0 Å². The Kier molecular flexibility index (Phi) is 6.21. The summed E-state index contributed by atoms with van der Waals surface area (Å²) in [5.41, 5.74) is 3.82. The molecule has 1 saturated carbocycles. The van der Waals surface area contributed by atoms with E-state index >= 15 is 0 Å². The molecule has 2 N–H and O–H groups in total. The van der Waals surface area contributed by atoms with E-state index in [4.69, 9.17) is 4.74 Å². The molecule has 0 atom stereocenters. The van der Waals surface area contributed by atoms with Gasteiger partial charge in [-0.2, -0.15) is 0 Å². The van der Waals surface area contributed by atoms with Crippen LogP contribution >= 0.6 is 0 Å². The first-order valence-corrected chi connectivity index (χ1v) is 10.6. The van der Waals surface area contributed by atoms with Crippen LogP contribution in [0.5, 0.6) is 0 Å². The Bertz CT molecular complexity index is 1110. The highest BCUT2D eigenvalue weighted by atomic mass is 19.1. The van der Waals surface area contributed by atoms with Gasteiger partial charge >= 0.3 is 5.97 Å². The Balaban J connectivity index is 1.40. The fraction of sp³-hybridized carbons (Fsp3) is 0.231. The van der Waals surface area contributed by atoms with Crippen LogP contribution in [0.1, 0.15) is 39.9 Å². The molecule has 0 bridgehead atoms. The Hall–Kier alpha value is -3.67. The molecule has 5 nitrogen and oxygen atoms in total. The van der Waals surface area contributed by atoms with Gasteiger partial charge in [0.25, 0.3) is 0 Å². The van der Waals surface area contributed by atoms with Crippen LogP contribution in [0.4, 0.5) is 10.1 Å². The smallest absolute Gasteiger partial charge is 0.337 e. The number of rotatable bonds is 8. The monoisotopic (exact) mass is 432 g/mol. The number of para-hydroxylation sites is 1. The zero-order chi connectivity index (χ0) is 22.6. The van der Waals surface area contributed by atoms with Crippen LogP contribution in [0.3, 0.4) is 0 Å². The number of halogens is 1. The maximum Gasteiger partial charge on any atom is 0.337 e. The molecule has 0 aromatic heterocycles. The average molecular weight is 432 g/mol. The molecule has 4 rings (SSSR count). The number of carbonyl (C=O) groups is 2. The minimum Gasteiger partial charge on any atom is -0.465 e. The van der Waals surface area contributed by atoms with E-state index in [0.29, 0.717) is 12.1 Å². The van der Waals surface area contributed by atoms with Crippen LogP contribution in [0.2, 0.25) is 0 Å². The van der Waals surface area contributed by atoms with Gasteiger partial charge in [0.15, 0.2) is 0 Å². The lowest BCUT2D eigenvalue weighted by Crippen LogP contribution is -2.36. The molecular formula is C26H25FN2O3. The molecule has 1 aliphatic carbocycles. The molecule has 0 radical (unpaired) electrons. The number of benzene rings is 3. The fourth-order valence-electron chi connectivity index (χ4n) is 3.78. The predicted molar refractivity (Wildman–Crippen MR) is 121 cm³/mol. The third kappa shape index (κ3) is 4.97. The standard InChI is InChI=1S/C26H25FN2O3/c1-32-25(31)19-8-10-21(11-9-19)26(14-15-26)29-24(30)16-20-4-2-3-5-23(20)28-17-18-6-12-22(27)13-7-18/h2-13,28H,14-17H2,1H3,(H,29,30). The summed E-state index contributed by atoms with van der Waals surface area (Å²) in [5.74, 6) is -0.703. The first-order chi connectivity index (χ1) is 15.5. The van der Waals surface area contributed by atoms with Gasteiger partial charge < -0.3 is 15.4 Å². The van der Waals surface area contributed by atoms with Gasteiger partial charge in [-0.05, 0) is 59.9 Å². The number of ether oxygens (including phenoxy) is 1. The zero-order valence-corrected chi connectivity index (χ0v) is 17.9. The fourth-order valence-corrected chi connectivity index (χ4v) is 3.78. The molecule has 0 unspecified atom stereocenters. The van der Waals surface area contributed by atoms with Crippen LogP contribution < -0.4 is 10.6 Å². The molecule has 3 aromatic carbocycles. The van der Waals surface area contributed by atoms with Crippen molar-refractivity contribution in [1.82, 2.24) is 5.32 Å². The summed E-state index contributed by atoms with van der Waals surface area (Å²) < 4.78 is 17.8. The van der Waals surface area contributed by atoms with Crippen LogP contribution in [0, 0.1) is 5.82 Å². The molecule has 164 valence electrons. The van der Waals surface area contributed by atoms with E-state index in [1.807, 2.05) is 36.4 Å². The Morgan fingerprint density at radius 2 is 1.66 bits per heavy atom. The van der Waals surface area contributed by atoms with Gasteiger partial charge in [-0.25, -0.2) is 9.18 Å². The summed E-state index contributed by atoms with van der Waals surface area (Å²) >= 11 is 0. The van der Waals surface area contributed by atoms with Crippen LogP contribution in [0.25, 0.3) is 0 Å². The molecule has 0 aliphatic heterocycles. The van der Waals surface area contributed by atoms with Crippen LogP contribution in [-0.2, 0) is 28.0 Å². The second kappa shape index (κ2) is 9.22. The zero-order valence-electron chi connectivity index (χ0n) is 17.9. The summed E-state index contributed by atoms with van der Waals surface area (Å²) in [6, 6.07) is 21.2. The Labute approximate surface area is 186 Å². The van der Waals surface area contributed by atoms with Gasteiger partial charge in [-0.3, -0.25) is 4.79 Å². The third-order valence-electron chi connectivity index (χ3n) is 5.75. The molecule has 3 aromatic rings. The first kappa shape index (κ1) is 21.6. The summed E-state index contributed by atoms with van der Waals surface area (Å²) in [4.78, 5) is 24.5. The highest BCUT2D eigenvalue weighted by Gasteiger charge is 2.45. The van der Waals surface area contributed by atoms with Crippen molar-refractivity contribution in [3.8, 4) is 0 Å². The molecule has 1 fully saturated rings. The Morgan fingerprint density at radius 1 is 0.969 bits per heavy atom. The van der Waals surface area contributed by atoms with E-state index in [2.05, 4.69) is 10.6 Å². The van der Waals surface area contributed by atoms with Gasteiger partial charge in [0, 0.05) is 12.2 Å². The van der Waals surface area contributed by atoms with Crippen molar-refractivity contribution in [1.29, 1.82) is 0 Å². The minimum absolute atomic E-state index is 0.0597. The van der Waals surface area contributed by atoms with E-state index < -0.39 is 0 Å². The molecule has 0 heterocycles. The predicted octanol–water partition coefficient (Wildman–Crippen LogP) is 4.57. The molecule has 1 amide bonds. The molecule has 6 heteroatoms. The van der Waals surface area contributed by atoms with E-state index in [-0.39, 0.29) is 29.7 Å². The second-order valence-corrected chi connectivity index (χ2v) is 8.01. The van der Waals surface area contributed by atoms with Crippen molar-refractivity contribution in [3.63, 3.8) is 0 Å². The first-order valence-electron chi connectivity index (χ1n) is 10.6. The molecule has 32 heavy (non-hydrogen) atoms. The molecule has 0 saturated heterocycles. The summed E-state index contributed by atoms with van der Waals surface area (Å²) in [7, 11) is 1.35.